The zero-order valence-electron chi connectivity index (χ0n) is 12.6. The maximum absolute atomic E-state index is 11.4. The highest BCUT2D eigenvalue weighted by Gasteiger charge is 2.07. The molecule has 0 aromatic rings. The molecule has 0 aliphatic rings. The summed E-state index contributed by atoms with van der Waals surface area (Å²) in [5.74, 6) is 0.0820. The van der Waals surface area contributed by atoms with Crippen LogP contribution in [0.1, 0.15) is 65.7 Å². The fourth-order valence-corrected chi connectivity index (χ4v) is 1.37. The lowest BCUT2D eigenvalue weighted by molar-refractivity contribution is -0.146. The molecule has 0 saturated heterocycles. The first-order valence-electron chi connectivity index (χ1n) is 7.41. The number of unbranched alkanes of at least 4 members (excludes halogenated alkanes) is 2. The van der Waals surface area contributed by atoms with Gasteiger partial charge in [-0.1, -0.05) is 33.6 Å². The molecule has 4 nitrogen and oxygen atoms in total. The van der Waals surface area contributed by atoms with Gasteiger partial charge in [0, 0.05) is 12.8 Å². The summed E-state index contributed by atoms with van der Waals surface area (Å²) in [5, 5.41) is 0. The third kappa shape index (κ3) is 11.7. The van der Waals surface area contributed by atoms with Crippen LogP contribution in [0.15, 0.2) is 0 Å². The van der Waals surface area contributed by atoms with Gasteiger partial charge in [0.05, 0.1) is 13.2 Å². The van der Waals surface area contributed by atoms with Crippen molar-refractivity contribution in [2.75, 3.05) is 13.2 Å². The first kappa shape index (κ1) is 17.9. The van der Waals surface area contributed by atoms with E-state index in [0.29, 0.717) is 44.8 Å². The minimum absolute atomic E-state index is 0.165. The van der Waals surface area contributed by atoms with Crippen LogP contribution in [0.2, 0.25) is 0 Å². The number of hydrogen-bond acceptors (Lipinski definition) is 4. The van der Waals surface area contributed by atoms with Gasteiger partial charge in [0.25, 0.3) is 0 Å². The molecule has 0 saturated carbocycles. The Labute approximate surface area is 116 Å². The van der Waals surface area contributed by atoms with Gasteiger partial charge < -0.3 is 9.47 Å². The number of hydrogen-bond donors (Lipinski definition) is 0. The van der Waals surface area contributed by atoms with Crippen LogP contribution in [-0.2, 0) is 19.1 Å². The summed E-state index contributed by atoms with van der Waals surface area (Å²) < 4.78 is 10.2. The van der Waals surface area contributed by atoms with Crippen LogP contribution in [0.5, 0.6) is 0 Å². The summed E-state index contributed by atoms with van der Waals surface area (Å²) in [6, 6.07) is 0. The lowest BCUT2D eigenvalue weighted by Crippen LogP contribution is -2.11. The average molecular weight is 272 g/mol. The van der Waals surface area contributed by atoms with E-state index >= 15 is 0 Å². The SMILES string of the molecule is CCCCOC(=O)CCCCC(=O)OCC(C)CC. The molecule has 0 amide bonds. The van der Waals surface area contributed by atoms with Crippen molar-refractivity contribution in [2.24, 2.45) is 5.92 Å². The molecular weight excluding hydrogens is 244 g/mol. The second-order valence-corrected chi connectivity index (χ2v) is 4.98. The van der Waals surface area contributed by atoms with E-state index in [1.54, 1.807) is 0 Å². The van der Waals surface area contributed by atoms with E-state index in [-0.39, 0.29) is 11.9 Å². The smallest absolute Gasteiger partial charge is 0.305 e. The van der Waals surface area contributed by atoms with E-state index in [0.717, 1.165) is 19.3 Å². The summed E-state index contributed by atoms with van der Waals surface area (Å²) in [6.07, 6.45) is 5.09. The Morgan fingerprint density at radius 3 is 2.05 bits per heavy atom. The van der Waals surface area contributed by atoms with Crippen molar-refractivity contribution >= 4 is 11.9 Å². The molecule has 4 heteroatoms. The summed E-state index contributed by atoms with van der Waals surface area (Å²) in [5.41, 5.74) is 0. The molecule has 0 aliphatic heterocycles. The Bertz CT molecular complexity index is 251. The fraction of sp³-hybridized carbons (Fsp3) is 0.867. The molecule has 0 rings (SSSR count). The molecule has 0 spiro atoms. The molecule has 0 radical (unpaired) electrons. The first-order chi connectivity index (χ1) is 9.10. The van der Waals surface area contributed by atoms with Crippen LogP contribution in [0, 0.1) is 5.92 Å². The topological polar surface area (TPSA) is 52.6 Å². The summed E-state index contributed by atoms with van der Waals surface area (Å²) >= 11 is 0. The normalized spacial score (nSPS) is 11.9. The van der Waals surface area contributed by atoms with Crippen LogP contribution in [-0.4, -0.2) is 25.2 Å². The van der Waals surface area contributed by atoms with Crippen molar-refractivity contribution in [3.05, 3.63) is 0 Å². The lowest BCUT2D eigenvalue weighted by atomic mass is 10.1. The lowest BCUT2D eigenvalue weighted by Gasteiger charge is -2.09. The van der Waals surface area contributed by atoms with E-state index in [4.69, 9.17) is 9.47 Å². The van der Waals surface area contributed by atoms with Crippen LogP contribution in [0.25, 0.3) is 0 Å². The van der Waals surface area contributed by atoms with Crippen molar-refractivity contribution in [3.8, 4) is 0 Å². The van der Waals surface area contributed by atoms with Crippen molar-refractivity contribution < 1.29 is 19.1 Å². The maximum Gasteiger partial charge on any atom is 0.305 e. The van der Waals surface area contributed by atoms with Crippen molar-refractivity contribution in [1.29, 1.82) is 0 Å². The predicted molar refractivity (Wildman–Crippen MR) is 74.7 cm³/mol. The number of ether oxygens (including phenoxy) is 2. The molecule has 0 aromatic carbocycles. The van der Waals surface area contributed by atoms with Crippen LogP contribution in [0.3, 0.4) is 0 Å². The van der Waals surface area contributed by atoms with E-state index in [2.05, 4.69) is 20.8 Å². The second kappa shape index (κ2) is 12.0. The van der Waals surface area contributed by atoms with Crippen LogP contribution < -0.4 is 0 Å². The highest BCUT2D eigenvalue weighted by atomic mass is 16.5. The number of carbonyl (C=O) groups excluding carboxylic acids is 2. The van der Waals surface area contributed by atoms with Gasteiger partial charge in [-0.2, -0.15) is 0 Å². The molecule has 1 unspecified atom stereocenters. The molecule has 1 atom stereocenters. The van der Waals surface area contributed by atoms with Gasteiger partial charge in [-0.15, -0.1) is 0 Å². The van der Waals surface area contributed by atoms with E-state index < -0.39 is 0 Å². The third-order valence-corrected chi connectivity index (χ3v) is 3.00. The van der Waals surface area contributed by atoms with Gasteiger partial charge >= 0.3 is 11.9 Å². The summed E-state index contributed by atoms with van der Waals surface area (Å²) in [4.78, 5) is 22.7. The zero-order chi connectivity index (χ0) is 14.5. The van der Waals surface area contributed by atoms with Gasteiger partial charge in [-0.05, 0) is 25.2 Å². The zero-order valence-corrected chi connectivity index (χ0v) is 12.6. The van der Waals surface area contributed by atoms with Gasteiger partial charge in [-0.3, -0.25) is 9.59 Å². The monoisotopic (exact) mass is 272 g/mol. The number of esters is 2. The summed E-state index contributed by atoms with van der Waals surface area (Å²) in [6.45, 7) is 7.18. The summed E-state index contributed by atoms with van der Waals surface area (Å²) in [7, 11) is 0. The Morgan fingerprint density at radius 1 is 0.947 bits per heavy atom. The van der Waals surface area contributed by atoms with E-state index in [1.807, 2.05) is 0 Å². The quantitative estimate of drug-likeness (QED) is 0.427. The minimum Gasteiger partial charge on any atom is -0.466 e. The number of rotatable bonds is 11. The van der Waals surface area contributed by atoms with E-state index in [1.165, 1.54) is 0 Å². The highest BCUT2D eigenvalue weighted by Crippen LogP contribution is 2.06. The van der Waals surface area contributed by atoms with Gasteiger partial charge in [0.15, 0.2) is 0 Å². The first-order valence-corrected chi connectivity index (χ1v) is 7.41. The Kier molecular flexibility index (Phi) is 11.3. The Hall–Kier alpha value is -1.06. The molecule has 0 aromatic heterocycles. The van der Waals surface area contributed by atoms with E-state index in [9.17, 15) is 9.59 Å². The van der Waals surface area contributed by atoms with Crippen molar-refractivity contribution in [1.82, 2.24) is 0 Å². The van der Waals surface area contributed by atoms with Crippen LogP contribution >= 0.6 is 0 Å². The Morgan fingerprint density at radius 2 is 1.53 bits per heavy atom. The molecule has 0 fully saturated rings. The number of carbonyl (C=O) groups is 2. The van der Waals surface area contributed by atoms with Gasteiger partial charge in [0.2, 0.25) is 0 Å². The standard InChI is InChI=1S/C15H28O4/c1-4-6-11-18-14(16)9-7-8-10-15(17)19-12-13(3)5-2/h13H,4-12H2,1-3H3. The highest BCUT2D eigenvalue weighted by molar-refractivity contribution is 5.70. The van der Waals surface area contributed by atoms with Gasteiger partial charge in [-0.25, -0.2) is 0 Å². The second-order valence-electron chi connectivity index (χ2n) is 4.98. The molecule has 0 aliphatic carbocycles. The minimum atomic E-state index is -0.167. The molecule has 0 heterocycles. The molecule has 112 valence electrons. The fourth-order valence-electron chi connectivity index (χ4n) is 1.37. The largest absolute Gasteiger partial charge is 0.466 e. The maximum atomic E-state index is 11.4. The average Bonchev–Trinajstić information content (AvgIpc) is 2.41. The predicted octanol–water partition coefficient (Wildman–Crippen LogP) is 3.48. The van der Waals surface area contributed by atoms with Crippen molar-refractivity contribution in [3.63, 3.8) is 0 Å². The third-order valence-electron chi connectivity index (χ3n) is 3.00. The van der Waals surface area contributed by atoms with Crippen LogP contribution in [0.4, 0.5) is 0 Å². The van der Waals surface area contributed by atoms with Gasteiger partial charge in [0.1, 0.15) is 0 Å². The van der Waals surface area contributed by atoms with Crippen molar-refractivity contribution in [2.45, 2.75) is 65.7 Å². The molecular formula is C15H28O4. The molecule has 19 heavy (non-hydrogen) atoms. The molecule has 0 bridgehead atoms. The molecule has 0 N–H and O–H groups in total. The Balaban J connectivity index is 3.42.